The second-order valence-electron chi connectivity index (χ2n) is 9.63. The van der Waals surface area contributed by atoms with E-state index in [0.717, 1.165) is 46.3 Å². The molecule has 5 rings (SSSR count). The van der Waals surface area contributed by atoms with Crippen LogP contribution in [0.5, 0.6) is 0 Å². The minimum atomic E-state index is -0.401. The highest BCUT2D eigenvalue weighted by Crippen LogP contribution is 2.35. The first-order chi connectivity index (χ1) is 17.4. The fraction of sp³-hybridized carbons (Fsp3) is 0.267. The molecule has 1 aliphatic heterocycles. The van der Waals surface area contributed by atoms with E-state index in [2.05, 4.69) is 58.7 Å². The van der Waals surface area contributed by atoms with Crippen LogP contribution in [-0.2, 0) is 10.3 Å². The summed E-state index contributed by atoms with van der Waals surface area (Å²) in [5.41, 5.74) is 12.8. The number of nitrogens with zero attached hydrogens (tertiary/aromatic N) is 3. The molecular weight excluding hydrogens is 448 g/mol. The number of carbonyl (C=O) groups excluding carboxylic acids is 1. The number of carbonyl (C=O) groups is 1. The number of benzene rings is 3. The van der Waals surface area contributed by atoms with Crippen molar-refractivity contribution in [2.45, 2.75) is 24.9 Å². The minimum absolute atomic E-state index is 0.0379. The number of aldehydes is 1. The zero-order chi connectivity index (χ0) is 25.4. The van der Waals surface area contributed by atoms with Gasteiger partial charge >= 0.3 is 0 Å². The summed E-state index contributed by atoms with van der Waals surface area (Å²) >= 11 is 0. The van der Waals surface area contributed by atoms with Crippen molar-refractivity contribution >= 4 is 17.3 Å². The molecule has 4 aromatic rings. The van der Waals surface area contributed by atoms with Crippen LogP contribution in [0, 0.1) is 12.3 Å². The molecule has 0 bridgehead atoms. The van der Waals surface area contributed by atoms with Gasteiger partial charge in [-0.25, -0.2) is 4.98 Å². The van der Waals surface area contributed by atoms with Crippen molar-refractivity contribution in [3.8, 4) is 29.2 Å². The Kier molecular flexibility index (Phi) is 6.23. The highest BCUT2D eigenvalue weighted by atomic mass is 16.5. The van der Waals surface area contributed by atoms with Crippen molar-refractivity contribution in [1.29, 1.82) is 0 Å². The largest absolute Gasteiger partial charge is 0.377 e. The molecule has 1 fully saturated rings. The first kappa shape index (κ1) is 24.0. The molecule has 0 radical (unpaired) electrons. The highest BCUT2D eigenvalue weighted by molar-refractivity contribution is 5.89. The topological polar surface area (TPSA) is 73.4 Å². The first-order valence-corrected chi connectivity index (χ1v) is 12.1. The molecule has 1 aromatic heterocycles. The predicted octanol–water partition coefficient (Wildman–Crippen LogP) is 4.68. The van der Waals surface area contributed by atoms with Crippen molar-refractivity contribution in [2.24, 2.45) is 5.73 Å². The van der Waals surface area contributed by atoms with Gasteiger partial charge in [0.15, 0.2) is 6.29 Å². The molecule has 1 saturated heterocycles. The van der Waals surface area contributed by atoms with Crippen LogP contribution in [0.1, 0.15) is 46.7 Å². The van der Waals surface area contributed by atoms with Gasteiger partial charge < -0.3 is 10.5 Å². The van der Waals surface area contributed by atoms with Crippen LogP contribution in [-0.4, -0.2) is 48.0 Å². The second-order valence-corrected chi connectivity index (χ2v) is 9.63. The van der Waals surface area contributed by atoms with E-state index < -0.39 is 5.54 Å². The molecule has 1 atom stereocenters. The van der Waals surface area contributed by atoms with Crippen LogP contribution in [0.15, 0.2) is 60.7 Å². The Hall–Kier alpha value is -3.76. The van der Waals surface area contributed by atoms with Crippen LogP contribution in [0.2, 0.25) is 0 Å². The fourth-order valence-corrected chi connectivity index (χ4v) is 5.02. The number of aromatic nitrogens is 2. The third-order valence-corrected chi connectivity index (χ3v) is 7.07. The van der Waals surface area contributed by atoms with Crippen molar-refractivity contribution < 1.29 is 9.53 Å². The van der Waals surface area contributed by atoms with Gasteiger partial charge in [0.05, 0.1) is 41.5 Å². The Morgan fingerprint density at radius 2 is 1.89 bits per heavy atom. The second kappa shape index (κ2) is 9.36. The standard InChI is InChI=1S/C30H30N4O2/c1-5-20-8-7-9-23(17-35)28(20)34-27-16-22(12-15-25(27)32-29(34)26(6-2)33(3)4)21-10-13-24(14-11-21)30(31)18-36-19-30/h1,7-17,26H,6,18-19,31H2,2-4H3. The number of nitrogens with two attached hydrogens (primary N) is 1. The summed E-state index contributed by atoms with van der Waals surface area (Å²) in [7, 11) is 4.08. The number of imidazole rings is 1. The zero-order valence-corrected chi connectivity index (χ0v) is 20.9. The molecule has 0 amide bonds. The maximum absolute atomic E-state index is 12.1. The van der Waals surface area contributed by atoms with Gasteiger partial charge in [-0.15, -0.1) is 6.42 Å². The van der Waals surface area contributed by atoms with Crippen molar-refractivity contribution in [1.82, 2.24) is 14.5 Å². The number of hydrogen-bond donors (Lipinski definition) is 1. The van der Waals surface area contributed by atoms with E-state index in [1.807, 2.05) is 32.3 Å². The molecule has 0 saturated carbocycles. The summed E-state index contributed by atoms with van der Waals surface area (Å²) in [5.74, 6) is 3.62. The van der Waals surface area contributed by atoms with Crippen LogP contribution >= 0.6 is 0 Å². The van der Waals surface area contributed by atoms with Gasteiger partial charge in [0.2, 0.25) is 0 Å². The maximum atomic E-state index is 12.1. The van der Waals surface area contributed by atoms with E-state index >= 15 is 0 Å². The monoisotopic (exact) mass is 478 g/mol. The van der Waals surface area contributed by atoms with E-state index in [-0.39, 0.29) is 6.04 Å². The van der Waals surface area contributed by atoms with Crippen molar-refractivity contribution in [2.75, 3.05) is 27.3 Å². The third kappa shape index (κ3) is 3.92. The summed E-state index contributed by atoms with van der Waals surface area (Å²) in [4.78, 5) is 19.3. The van der Waals surface area contributed by atoms with Gasteiger partial charge in [-0.2, -0.15) is 0 Å². The van der Waals surface area contributed by atoms with Gasteiger partial charge in [0, 0.05) is 11.1 Å². The molecule has 0 aliphatic carbocycles. The van der Waals surface area contributed by atoms with Crippen molar-refractivity contribution in [3.05, 3.63) is 83.2 Å². The van der Waals surface area contributed by atoms with Gasteiger partial charge in [0.25, 0.3) is 0 Å². The SMILES string of the molecule is C#Cc1cccc(C=O)c1-n1c(C(CC)N(C)C)nc2ccc(-c3ccc(C4(N)COC4)cc3)cc21. The van der Waals surface area contributed by atoms with Crippen molar-refractivity contribution in [3.63, 3.8) is 0 Å². The lowest BCUT2D eigenvalue weighted by atomic mass is 9.88. The average Bonchev–Trinajstić information content (AvgIpc) is 3.24. The lowest BCUT2D eigenvalue weighted by molar-refractivity contribution is -0.0569. The smallest absolute Gasteiger partial charge is 0.152 e. The number of terminal acetylenes is 1. The summed E-state index contributed by atoms with van der Waals surface area (Å²) in [6, 6.07) is 20.1. The fourth-order valence-electron chi connectivity index (χ4n) is 5.02. The van der Waals surface area contributed by atoms with Crippen LogP contribution in [0.4, 0.5) is 0 Å². The molecule has 2 heterocycles. The van der Waals surface area contributed by atoms with Crippen LogP contribution in [0.3, 0.4) is 0 Å². The predicted molar refractivity (Wildman–Crippen MR) is 143 cm³/mol. The van der Waals surface area contributed by atoms with E-state index in [0.29, 0.717) is 30.0 Å². The van der Waals surface area contributed by atoms with E-state index in [4.69, 9.17) is 21.9 Å². The molecule has 182 valence electrons. The average molecular weight is 479 g/mol. The molecule has 6 heteroatoms. The molecule has 6 nitrogen and oxygen atoms in total. The van der Waals surface area contributed by atoms with E-state index in [9.17, 15) is 4.79 Å². The summed E-state index contributed by atoms with van der Waals surface area (Å²) in [6.07, 6.45) is 7.61. The quantitative estimate of drug-likeness (QED) is 0.308. The maximum Gasteiger partial charge on any atom is 0.152 e. The van der Waals surface area contributed by atoms with Gasteiger partial charge in [-0.3, -0.25) is 14.3 Å². The highest BCUT2D eigenvalue weighted by Gasteiger charge is 2.35. The van der Waals surface area contributed by atoms with Crippen LogP contribution < -0.4 is 5.73 Å². The number of hydrogen-bond acceptors (Lipinski definition) is 5. The number of para-hydroxylation sites is 1. The third-order valence-electron chi connectivity index (χ3n) is 7.07. The van der Waals surface area contributed by atoms with E-state index in [1.54, 1.807) is 6.07 Å². The minimum Gasteiger partial charge on any atom is -0.377 e. The van der Waals surface area contributed by atoms with Gasteiger partial charge in [0.1, 0.15) is 5.82 Å². The number of rotatable bonds is 7. The summed E-state index contributed by atoms with van der Waals surface area (Å²) < 4.78 is 7.39. The Morgan fingerprint density at radius 1 is 1.17 bits per heavy atom. The molecule has 0 spiro atoms. The molecule has 1 aliphatic rings. The Morgan fingerprint density at radius 3 is 2.47 bits per heavy atom. The molecule has 1 unspecified atom stereocenters. The normalized spacial score (nSPS) is 15.4. The molecule has 2 N–H and O–H groups in total. The lowest BCUT2D eigenvalue weighted by Crippen LogP contribution is -2.54. The molecule has 36 heavy (non-hydrogen) atoms. The first-order valence-electron chi connectivity index (χ1n) is 12.1. The number of ether oxygens (including phenoxy) is 1. The Bertz CT molecular complexity index is 1470. The van der Waals surface area contributed by atoms with Gasteiger partial charge in [-0.05, 0) is 61.5 Å². The lowest BCUT2D eigenvalue weighted by Gasteiger charge is -2.38. The van der Waals surface area contributed by atoms with Crippen LogP contribution in [0.25, 0.3) is 27.8 Å². The Balaban J connectivity index is 1.73. The molecule has 3 aromatic carbocycles. The summed E-state index contributed by atoms with van der Waals surface area (Å²) in [5, 5.41) is 0. The number of fused-ring (bicyclic) bond motifs is 1. The zero-order valence-electron chi connectivity index (χ0n) is 20.9. The summed E-state index contributed by atoms with van der Waals surface area (Å²) in [6.45, 7) is 3.21. The Labute approximate surface area is 211 Å². The molecular formula is C30H30N4O2. The van der Waals surface area contributed by atoms with Gasteiger partial charge in [-0.1, -0.05) is 49.2 Å². The van der Waals surface area contributed by atoms with E-state index in [1.165, 1.54) is 0 Å².